The molecule has 0 spiro atoms. The van der Waals surface area contributed by atoms with Gasteiger partial charge in [0.25, 0.3) is 0 Å². The van der Waals surface area contributed by atoms with Crippen molar-refractivity contribution in [2.24, 2.45) is 22.1 Å². The van der Waals surface area contributed by atoms with Crippen molar-refractivity contribution in [3.63, 3.8) is 0 Å². The third-order valence-corrected chi connectivity index (χ3v) is 2.29. The maximum atomic E-state index is 11.8. The van der Waals surface area contributed by atoms with Crippen LogP contribution in [-0.2, 0) is 4.74 Å². The van der Waals surface area contributed by atoms with Crippen molar-refractivity contribution >= 4 is 17.7 Å². The first-order chi connectivity index (χ1) is 8.74. The molecule has 1 amide bonds. The van der Waals surface area contributed by atoms with Crippen LogP contribution in [0.3, 0.4) is 0 Å². The molecule has 0 radical (unpaired) electrons. The second-order valence-electron chi connectivity index (χ2n) is 4.74. The normalized spacial score (nSPS) is 16.2. The van der Waals surface area contributed by atoms with Gasteiger partial charge in [0, 0.05) is 6.20 Å². The van der Waals surface area contributed by atoms with E-state index in [-0.39, 0.29) is 5.03 Å². The quantitative estimate of drug-likeness (QED) is 0.347. The van der Waals surface area contributed by atoms with Gasteiger partial charge in [-0.15, -0.1) is 0 Å². The molecule has 1 aliphatic rings. The molecule has 9 heteroatoms. The molecule has 0 saturated heterocycles. The number of carbonyl (C=O) groups excluding carboxylic acids is 1. The number of carbonyl (C=O) groups is 1. The van der Waals surface area contributed by atoms with Crippen LogP contribution in [0.5, 0.6) is 0 Å². The second kappa shape index (κ2) is 5.89. The maximum Gasteiger partial charge on any atom is 0.429 e. The zero-order chi connectivity index (χ0) is 14.6. The summed E-state index contributed by atoms with van der Waals surface area (Å²) in [7, 11) is 0. The summed E-state index contributed by atoms with van der Waals surface area (Å²) in [6, 6.07) is 0. The predicted octanol–water partition coefficient (Wildman–Crippen LogP) is 1.62. The number of hydrogen-bond donors (Lipinski definition) is 2. The van der Waals surface area contributed by atoms with Crippen LogP contribution in [0, 0.1) is 0 Å². The molecule has 0 aromatic rings. The lowest BCUT2D eigenvalue weighted by Gasteiger charge is -2.27. The van der Waals surface area contributed by atoms with Crippen molar-refractivity contribution < 1.29 is 9.53 Å². The van der Waals surface area contributed by atoms with Crippen LogP contribution >= 0.6 is 11.6 Å². The molecule has 1 heterocycles. The number of rotatable bonds is 2. The summed E-state index contributed by atoms with van der Waals surface area (Å²) < 4.78 is 5.14. The van der Waals surface area contributed by atoms with Gasteiger partial charge in [0.2, 0.25) is 0 Å². The van der Waals surface area contributed by atoms with Gasteiger partial charge in [-0.2, -0.15) is 0 Å². The molecule has 1 aliphatic heterocycles. The minimum atomic E-state index is -0.695. The number of allylic oxidation sites excluding steroid dienone is 1. The van der Waals surface area contributed by atoms with Crippen LogP contribution in [0.25, 0.3) is 0 Å². The molecule has 0 aliphatic carbocycles. The lowest BCUT2D eigenvalue weighted by molar-refractivity contribution is 0.0315. The fourth-order valence-electron chi connectivity index (χ4n) is 1.28. The molecular formula is C10H17ClN6O2. The molecule has 1 rings (SSSR count). The molecule has 4 N–H and O–H groups in total. The standard InChI is InChI=1S/C10H17ClN6O2/c1-10(2,3)19-9(18)17(13)8-4-5-16(15-14-12)6-7(8)11/h4,6H,5,13H2,1-3H3,(H2,12,15). The number of hydrazine groups is 1. The number of hydrogen-bond acceptors (Lipinski definition) is 5. The van der Waals surface area contributed by atoms with E-state index in [0.717, 1.165) is 5.01 Å². The smallest absolute Gasteiger partial charge is 0.429 e. The van der Waals surface area contributed by atoms with Crippen molar-refractivity contribution in [2.45, 2.75) is 26.4 Å². The van der Waals surface area contributed by atoms with Crippen LogP contribution in [0.2, 0.25) is 0 Å². The van der Waals surface area contributed by atoms with E-state index < -0.39 is 11.7 Å². The Bertz CT molecular complexity index is 440. The predicted molar refractivity (Wildman–Crippen MR) is 70.0 cm³/mol. The fraction of sp³-hybridized carbons (Fsp3) is 0.500. The van der Waals surface area contributed by atoms with Gasteiger partial charge in [0.05, 0.1) is 17.3 Å². The highest BCUT2D eigenvalue weighted by molar-refractivity contribution is 6.32. The lowest BCUT2D eigenvalue weighted by Crippen LogP contribution is -2.41. The highest BCUT2D eigenvalue weighted by Crippen LogP contribution is 2.23. The number of halogens is 1. The largest absolute Gasteiger partial charge is 0.442 e. The van der Waals surface area contributed by atoms with E-state index >= 15 is 0 Å². The van der Waals surface area contributed by atoms with E-state index in [2.05, 4.69) is 10.4 Å². The van der Waals surface area contributed by atoms with E-state index in [0.29, 0.717) is 12.2 Å². The molecule has 0 unspecified atom stereocenters. The summed E-state index contributed by atoms with van der Waals surface area (Å²) in [4.78, 5) is 11.8. The summed E-state index contributed by atoms with van der Waals surface area (Å²) >= 11 is 6.00. The molecule has 0 aromatic carbocycles. The Labute approximate surface area is 116 Å². The van der Waals surface area contributed by atoms with Gasteiger partial charge in [-0.1, -0.05) is 16.8 Å². The molecule has 0 saturated carbocycles. The number of amides is 1. The molecule has 8 nitrogen and oxygen atoms in total. The van der Waals surface area contributed by atoms with Gasteiger partial charge in [-0.05, 0) is 32.1 Å². The summed E-state index contributed by atoms with van der Waals surface area (Å²) in [5, 5.41) is 9.19. The van der Waals surface area contributed by atoms with E-state index in [1.807, 2.05) is 0 Å². The summed E-state index contributed by atoms with van der Waals surface area (Å²) in [5.74, 6) is 10.6. The fourth-order valence-corrected chi connectivity index (χ4v) is 1.56. The molecule has 0 bridgehead atoms. The molecule has 19 heavy (non-hydrogen) atoms. The van der Waals surface area contributed by atoms with Gasteiger partial charge in [0.15, 0.2) is 0 Å². The van der Waals surface area contributed by atoms with Gasteiger partial charge in [-0.25, -0.2) is 20.7 Å². The average Bonchev–Trinajstić information content (AvgIpc) is 2.26. The van der Waals surface area contributed by atoms with Crippen LogP contribution < -0.4 is 11.7 Å². The van der Waals surface area contributed by atoms with Gasteiger partial charge in [0.1, 0.15) is 5.60 Å². The Morgan fingerprint density at radius 3 is 2.68 bits per heavy atom. The molecule has 0 atom stereocenters. The van der Waals surface area contributed by atoms with E-state index in [1.165, 1.54) is 11.2 Å². The molecular weight excluding hydrogens is 272 g/mol. The Morgan fingerprint density at radius 2 is 2.21 bits per heavy atom. The van der Waals surface area contributed by atoms with Crippen molar-refractivity contribution in [1.29, 1.82) is 0 Å². The summed E-state index contributed by atoms with van der Waals surface area (Å²) in [6.45, 7) is 5.57. The second-order valence-corrected chi connectivity index (χ2v) is 5.15. The monoisotopic (exact) mass is 288 g/mol. The van der Waals surface area contributed by atoms with Crippen molar-refractivity contribution in [3.05, 3.63) is 23.0 Å². The molecule has 0 fully saturated rings. The first-order valence-corrected chi connectivity index (χ1v) is 5.85. The zero-order valence-corrected chi connectivity index (χ0v) is 11.8. The van der Waals surface area contributed by atoms with Gasteiger partial charge < -0.3 is 10.6 Å². The zero-order valence-electron chi connectivity index (χ0n) is 11.0. The van der Waals surface area contributed by atoms with Gasteiger partial charge >= 0.3 is 6.09 Å². The number of nitrogens with two attached hydrogens (primary N) is 2. The Balaban J connectivity index is 2.77. The minimum absolute atomic E-state index is 0.229. The van der Waals surface area contributed by atoms with Crippen molar-refractivity contribution in [1.82, 2.24) is 10.0 Å². The minimum Gasteiger partial charge on any atom is -0.442 e. The van der Waals surface area contributed by atoms with Crippen LogP contribution in [0.1, 0.15) is 20.8 Å². The highest BCUT2D eigenvalue weighted by Gasteiger charge is 2.25. The SMILES string of the molecule is CC(C)(C)OC(=O)N(N)C1=CCN(N=NN)C=C1Cl. The Morgan fingerprint density at radius 1 is 1.58 bits per heavy atom. The molecule has 0 aromatic heterocycles. The van der Waals surface area contributed by atoms with E-state index in [1.54, 1.807) is 26.8 Å². The first-order valence-electron chi connectivity index (χ1n) is 5.47. The lowest BCUT2D eigenvalue weighted by atomic mass is 10.2. The van der Waals surface area contributed by atoms with E-state index in [9.17, 15) is 4.79 Å². The van der Waals surface area contributed by atoms with E-state index in [4.69, 9.17) is 28.0 Å². The topological polar surface area (TPSA) is 110 Å². The number of ether oxygens (including phenoxy) is 1. The summed E-state index contributed by atoms with van der Waals surface area (Å²) in [6.07, 6.45) is 2.37. The van der Waals surface area contributed by atoms with Crippen molar-refractivity contribution in [3.8, 4) is 0 Å². The van der Waals surface area contributed by atoms with Crippen LogP contribution in [-0.4, -0.2) is 28.3 Å². The van der Waals surface area contributed by atoms with Crippen molar-refractivity contribution in [2.75, 3.05) is 6.54 Å². The molecule has 106 valence electrons. The Kier molecular flexibility index (Phi) is 4.73. The maximum absolute atomic E-state index is 11.8. The number of nitrogens with zero attached hydrogens (tertiary/aromatic N) is 4. The first kappa shape index (κ1) is 15.3. The summed E-state index contributed by atoms with van der Waals surface area (Å²) in [5.41, 5.74) is -0.306. The van der Waals surface area contributed by atoms with Crippen LogP contribution in [0.15, 0.2) is 33.5 Å². The highest BCUT2D eigenvalue weighted by atomic mass is 35.5. The third-order valence-electron chi connectivity index (χ3n) is 2.00. The van der Waals surface area contributed by atoms with Crippen LogP contribution in [0.4, 0.5) is 4.79 Å². The van der Waals surface area contributed by atoms with Gasteiger partial charge in [-0.3, -0.25) is 0 Å². The Hall–Kier alpha value is -1.80. The average molecular weight is 289 g/mol. The third kappa shape index (κ3) is 4.42.